The third kappa shape index (κ3) is 3.19. The Labute approximate surface area is 95.5 Å². The molecule has 0 heterocycles. The maximum Gasteiger partial charge on any atom is 0.0558 e. The van der Waals surface area contributed by atoms with Gasteiger partial charge in [-0.15, -0.1) is 0 Å². The van der Waals surface area contributed by atoms with Crippen molar-refractivity contribution in [2.24, 2.45) is 5.73 Å². The maximum atomic E-state index is 11.9. The highest BCUT2D eigenvalue weighted by Crippen LogP contribution is 2.16. The summed E-state index contributed by atoms with van der Waals surface area (Å²) in [6, 6.07) is 7.57. The van der Waals surface area contributed by atoms with Gasteiger partial charge in [-0.05, 0) is 37.2 Å². The van der Waals surface area contributed by atoms with Crippen LogP contribution in [0.15, 0.2) is 33.6 Å². The van der Waals surface area contributed by atoms with E-state index in [0.717, 1.165) is 15.8 Å². The van der Waals surface area contributed by atoms with Crippen LogP contribution >= 0.6 is 15.9 Å². The smallest absolute Gasteiger partial charge is 0.0558 e. The molecule has 0 radical (unpaired) electrons. The average Bonchev–Trinajstić information content (AvgIpc) is 2.18. The van der Waals surface area contributed by atoms with E-state index in [9.17, 15) is 4.21 Å². The fraction of sp³-hybridized carbons (Fsp3) is 0.400. The summed E-state index contributed by atoms with van der Waals surface area (Å²) >= 11 is 3.34. The maximum absolute atomic E-state index is 11.9. The third-order valence-corrected chi connectivity index (χ3v) is 4.22. The summed E-state index contributed by atoms with van der Waals surface area (Å²) in [6.07, 6.45) is 0.794. The van der Waals surface area contributed by atoms with E-state index in [1.165, 1.54) is 0 Å². The van der Waals surface area contributed by atoms with Crippen molar-refractivity contribution in [3.8, 4) is 0 Å². The molecule has 1 rings (SSSR count). The minimum atomic E-state index is -0.937. The van der Waals surface area contributed by atoms with Gasteiger partial charge in [0, 0.05) is 14.6 Å². The van der Waals surface area contributed by atoms with Gasteiger partial charge in [-0.2, -0.15) is 0 Å². The van der Waals surface area contributed by atoms with Gasteiger partial charge in [0.25, 0.3) is 0 Å². The monoisotopic (exact) mass is 275 g/mol. The quantitative estimate of drug-likeness (QED) is 0.917. The average molecular weight is 276 g/mol. The fourth-order valence-electron chi connectivity index (χ4n) is 1.14. The zero-order chi connectivity index (χ0) is 10.6. The molecule has 1 aromatic carbocycles. The molecule has 0 aliphatic heterocycles. The SMILES string of the molecule is CC(CCN)S(=O)c1ccc(Br)cc1. The van der Waals surface area contributed by atoms with Gasteiger partial charge in [0.2, 0.25) is 0 Å². The van der Waals surface area contributed by atoms with Gasteiger partial charge in [0.1, 0.15) is 0 Å². The minimum absolute atomic E-state index is 0.126. The molecule has 0 bridgehead atoms. The van der Waals surface area contributed by atoms with E-state index in [-0.39, 0.29) is 5.25 Å². The van der Waals surface area contributed by atoms with Crippen molar-refractivity contribution in [1.29, 1.82) is 0 Å². The molecule has 0 aliphatic rings. The Morgan fingerprint density at radius 3 is 2.50 bits per heavy atom. The first kappa shape index (κ1) is 11.9. The van der Waals surface area contributed by atoms with Gasteiger partial charge in [-0.1, -0.05) is 22.9 Å². The molecule has 0 fully saturated rings. The molecule has 4 heteroatoms. The minimum Gasteiger partial charge on any atom is -0.330 e. The molecule has 1 aromatic rings. The van der Waals surface area contributed by atoms with Crippen molar-refractivity contribution in [3.63, 3.8) is 0 Å². The lowest BCUT2D eigenvalue weighted by Crippen LogP contribution is -2.16. The Morgan fingerprint density at radius 2 is 2.00 bits per heavy atom. The standard InChI is InChI=1S/C10H14BrNOS/c1-8(6-7-12)14(13)10-4-2-9(11)3-5-10/h2-5,8H,6-7,12H2,1H3. The van der Waals surface area contributed by atoms with Crippen molar-refractivity contribution in [2.45, 2.75) is 23.5 Å². The van der Waals surface area contributed by atoms with E-state index in [2.05, 4.69) is 15.9 Å². The van der Waals surface area contributed by atoms with E-state index in [1.807, 2.05) is 31.2 Å². The second-order valence-corrected chi connectivity index (χ2v) is 5.93. The van der Waals surface area contributed by atoms with Crippen molar-refractivity contribution < 1.29 is 4.21 Å². The lowest BCUT2D eigenvalue weighted by Gasteiger charge is -2.09. The third-order valence-electron chi connectivity index (χ3n) is 1.98. The van der Waals surface area contributed by atoms with Gasteiger partial charge in [0.15, 0.2) is 0 Å². The first-order valence-electron chi connectivity index (χ1n) is 4.51. The van der Waals surface area contributed by atoms with Crippen LogP contribution in [0.25, 0.3) is 0 Å². The number of benzene rings is 1. The summed E-state index contributed by atoms with van der Waals surface area (Å²) in [5.41, 5.74) is 5.43. The van der Waals surface area contributed by atoms with Gasteiger partial charge < -0.3 is 5.73 Å². The van der Waals surface area contributed by atoms with Crippen LogP contribution in [0.2, 0.25) is 0 Å². The van der Waals surface area contributed by atoms with Crippen LogP contribution in [0, 0.1) is 0 Å². The second kappa shape index (κ2) is 5.63. The highest BCUT2D eigenvalue weighted by atomic mass is 79.9. The fourth-order valence-corrected chi connectivity index (χ4v) is 2.63. The molecule has 0 spiro atoms. The van der Waals surface area contributed by atoms with Crippen LogP contribution in [-0.4, -0.2) is 16.0 Å². The topological polar surface area (TPSA) is 43.1 Å². The van der Waals surface area contributed by atoms with Gasteiger partial charge in [0.05, 0.1) is 10.8 Å². The highest BCUT2D eigenvalue weighted by molar-refractivity contribution is 9.10. The summed E-state index contributed by atoms with van der Waals surface area (Å²) in [6.45, 7) is 2.55. The summed E-state index contributed by atoms with van der Waals surface area (Å²) in [4.78, 5) is 0.870. The van der Waals surface area contributed by atoms with E-state index >= 15 is 0 Å². The Balaban J connectivity index is 2.74. The van der Waals surface area contributed by atoms with Crippen LogP contribution < -0.4 is 5.73 Å². The number of hydrogen-bond acceptors (Lipinski definition) is 2. The van der Waals surface area contributed by atoms with E-state index in [4.69, 9.17) is 5.73 Å². The predicted octanol–water partition coefficient (Wildman–Crippen LogP) is 2.29. The van der Waals surface area contributed by atoms with Crippen molar-refractivity contribution in [2.75, 3.05) is 6.54 Å². The van der Waals surface area contributed by atoms with Crippen molar-refractivity contribution in [1.82, 2.24) is 0 Å². The van der Waals surface area contributed by atoms with Gasteiger partial charge in [-0.25, -0.2) is 0 Å². The van der Waals surface area contributed by atoms with Crippen molar-refractivity contribution in [3.05, 3.63) is 28.7 Å². The van der Waals surface area contributed by atoms with E-state index in [0.29, 0.717) is 6.54 Å². The molecular formula is C10H14BrNOS. The molecule has 0 saturated carbocycles. The molecule has 2 atom stereocenters. The summed E-state index contributed by atoms with van der Waals surface area (Å²) in [5, 5.41) is 0.126. The predicted molar refractivity (Wildman–Crippen MR) is 63.7 cm³/mol. The largest absolute Gasteiger partial charge is 0.330 e. The molecule has 14 heavy (non-hydrogen) atoms. The first-order chi connectivity index (χ1) is 6.65. The molecule has 0 saturated heterocycles. The zero-order valence-electron chi connectivity index (χ0n) is 8.07. The van der Waals surface area contributed by atoms with Crippen LogP contribution in [0.4, 0.5) is 0 Å². The molecule has 2 unspecified atom stereocenters. The number of hydrogen-bond donors (Lipinski definition) is 1. The molecule has 0 aliphatic carbocycles. The Kier molecular flexibility index (Phi) is 4.78. The molecule has 0 aromatic heterocycles. The lowest BCUT2D eigenvalue weighted by atomic mass is 10.3. The second-order valence-electron chi connectivity index (χ2n) is 3.14. The van der Waals surface area contributed by atoms with Gasteiger partial charge in [-0.3, -0.25) is 4.21 Å². The molecule has 2 nitrogen and oxygen atoms in total. The van der Waals surface area contributed by atoms with Crippen LogP contribution in [0.1, 0.15) is 13.3 Å². The summed E-state index contributed by atoms with van der Waals surface area (Å²) in [5.74, 6) is 0. The molecular weight excluding hydrogens is 262 g/mol. The van der Waals surface area contributed by atoms with Crippen molar-refractivity contribution >= 4 is 26.7 Å². The summed E-state index contributed by atoms with van der Waals surface area (Å²) in [7, 11) is -0.937. The van der Waals surface area contributed by atoms with Crippen LogP contribution in [0.3, 0.4) is 0 Å². The van der Waals surface area contributed by atoms with E-state index < -0.39 is 10.8 Å². The Hall–Kier alpha value is -0.190. The summed E-state index contributed by atoms with van der Waals surface area (Å²) < 4.78 is 12.9. The number of halogens is 1. The van der Waals surface area contributed by atoms with Gasteiger partial charge >= 0.3 is 0 Å². The van der Waals surface area contributed by atoms with Crippen LogP contribution in [0.5, 0.6) is 0 Å². The Morgan fingerprint density at radius 1 is 1.43 bits per heavy atom. The number of rotatable bonds is 4. The zero-order valence-corrected chi connectivity index (χ0v) is 10.5. The highest BCUT2D eigenvalue weighted by Gasteiger charge is 2.11. The van der Waals surface area contributed by atoms with Crippen LogP contribution in [-0.2, 0) is 10.8 Å². The Bertz CT molecular complexity index is 312. The van der Waals surface area contributed by atoms with E-state index in [1.54, 1.807) is 0 Å². The molecule has 2 N–H and O–H groups in total. The molecule has 78 valence electrons. The molecule has 0 amide bonds. The lowest BCUT2D eigenvalue weighted by molar-refractivity contribution is 0.666. The first-order valence-corrected chi connectivity index (χ1v) is 6.52. The number of nitrogens with two attached hydrogens (primary N) is 1. The normalized spacial score (nSPS) is 15.1.